The Bertz CT molecular complexity index is 1200. The molecule has 0 aliphatic rings. The van der Waals surface area contributed by atoms with Gasteiger partial charge in [0.15, 0.2) is 11.5 Å². The van der Waals surface area contributed by atoms with Crippen molar-refractivity contribution in [3.8, 4) is 11.5 Å². The third-order valence-corrected chi connectivity index (χ3v) is 5.54. The number of halogens is 3. The van der Waals surface area contributed by atoms with Gasteiger partial charge in [-0.25, -0.2) is 14.4 Å². The van der Waals surface area contributed by atoms with Crippen molar-refractivity contribution in [2.75, 3.05) is 32.8 Å². The van der Waals surface area contributed by atoms with Gasteiger partial charge in [-0.05, 0) is 57.5 Å². The van der Waals surface area contributed by atoms with Crippen molar-refractivity contribution in [2.24, 2.45) is 0 Å². The van der Waals surface area contributed by atoms with Crippen LogP contribution in [0.5, 0.6) is 11.5 Å². The predicted molar refractivity (Wildman–Crippen MR) is 127 cm³/mol. The van der Waals surface area contributed by atoms with Crippen molar-refractivity contribution < 1.29 is 32.5 Å². The number of aromatic nitrogens is 2. The highest BCUT2D eigenvalue weighted by Gasteiger charge is 2.47. The first-order chi connectivity index (χ1) is 16.4. The fourth-order valence-electron chi connectivity index (χ4n) is 3.56. The number of anilines is 1. The van der Waals surface area contributed by atoms with Gasteiger partial charge in [0.1, 0.15) is 29.7 Å². The second kappa shape index (κ2) is 10.2. The molecule has 1 atom stereocenters. The zero-order chi connectivity index (χ0) is 26.0. The molecule has 2 N–H and O–H groups in total. The molecule has 0 amide bonds. The summed E-state index contributed by atoms with van der Waals surface area (Å²) in [6.07, 6.45) is 0. The van der Waals surface area contributed by atoms with Gasteiger partial charge < -0.3 is 24.6 Å². The lowest BCUT2D eigenvalue weighted by Gasteiger charge is -2.30. The lowest BCUT2D eigenvalue weighted by Crippen LogP contribution is -2.40. The minimum Gasteiger partial charge on any atom is -0.493 e. The zero-order valence-electron chi connectivity index (χ0n) is 20.6. The molecule has 7 nitrogen and oxygen atoms in total. The highest BCUT2D eigenvalue weighted by atomic mass is 19.3. The molecule has 0 bridgehead atoms. The van der Waals surface area contributed by atoms with E-state index >= 15 is 0 Å². The Morgan fingerprint density at radius 2 is 1.74 bits per heavy atom. The molecule has 0 fully saturated rings. The monoisotopic (exact) mass is 493 g/mol. The Morgan fingerprint density at radius 1 is 1.03 bits per heavy atom. The van der Waals surface area contributed by atoms with Crippen molar-refractivity contribution in [1.82, 2.24) is 9.97 Å². The maximum Gasteiger partial charge on any atom is 0.300 e. The number of aliphatic hydroxyl groups is 1. The third kappa shape index (κ3) is 5.76. The summed E-state index contributed by atoms with van der Waals surface area (Å²) >= 11 is 0. The van der Waals surface area contributed by atoms with E-state index < -0.39 is 28.9 Å². The number of benzene rings is 2. The van der Waals surface area contributed by atoms with E-state index in [1.165, 1.54) is 19.2 Å². The van der Waals surface area contributed by atoms with Crippen LogP contribution in [0, 0.1) is 12.7 Å². The molecule has 0 aliphatic heterocycles. The fraction of sp³-hybridized carbons (Fsp3) is 0.440. The van der Waals surface area contributed by atoms with Crippen LogP contribution in [-0.2, 0) is 10.7 Å². The number of nitrogens with one attached hydrogen (secondary N) is 1. The maximum absolute atomic E-state index is 14.7. The topological polar surface area (TPSA) is 85.7 Å². The number of methoxy groups -OCH3 is 2. The summed E-state index contributed by atoms with van der Waals surface area (Å²) in [5.74, 6) is -2.67. The molecule has 3 rings (SSSR count). The minimum atomic E-state index is -3.66. The van der Waals surface area contributed by atoms with E-state index in [1.54, 1.807) is 33.1 Å². The SMILES string of the molecule is COCCOc1cc2c(N[C@H](C)c3cc(F)cc(C(F)(F)C(C)(C)O)c3)nc(C)nc2cc1OC. The van der Waals surface area contributed by atoms with Crippen molar-refractivity contribution in [3.05, 3.63) is 53.1 Å². The first-order valence-electron chi connectivity index (χ1n) is 11.0. The second-order valence-corrected chi connectivity index (χ2v) is 8.75. The summed E-state index contributed by atoms with van der Waals surface area (Å²) in [5, 5.41) is 13.7. The largest absolute Gasteiger partial charge is 0.493 e. The van der Waals surface area contributed by atoms with E-state index in [2.05, 4.69) is 15.3 Å². The second-order valence-electron chi connectivity index (χ2n) is 8.75. The van der Waals surface area contributed by atoms with Gasteiger partial charge >= 0.3 is 5.92 Å². The van der Waals surface area contributed by atoms with Gasteiger partial charge in [0.2, 0.25) is 0 Å². The average molecular weight is 494 g/mol. The Morgan fingerprint density at radius 3 is 2.37 bits per heavy atom. The normalized spacial score (nSPS) is 13.1. The summed E-state index contributed by atoms with van der Waals surface area (Å²) in [6.45, 7) is 6.06. The average Bonchev–Trinajstić information content (AvgIpc) is 2.77. The van der Waals surface area contributed by atoms with Crippen LogP contribution in [0.1, 0.15) is 43.8 Å². The van der Waals surface area contributed by atoms with E-state index in [0.29, 0.717) is 47.3 Å². The standard InChI is InChI=1S/C25H30F3N3O4/c1-14(16-9-17(11-18(26)10-16)25(27,28)24(3,4)32)29-23-19-12-22(35-8-7-33-5)21(34-6)13-20(19)30-15(2)31-23/h9-14,32H,7-8H2,1-6H3,(H,29,30,31)/t14-/m1/s1. The van der Waals surface area contributed by atoms with Crippen LogP contribution in [0.2, 0.25) is 0 Å². The number of rotatable bonds is 10. The number of alkyl halides is 2. The summed E-state index contributed by atoms with van der Waals surface area (Å²) in [4.78, 5) is 8.92. The molecule has 3 aromatic rings. The molecule has 0 spiro atoms. The van der Waals surface area contributed by atoms with E-state index in [0.717, 1.165) is 19.9 Å². The van der Waals surface area contributed by atoms with Gasteiger partial charge in [-0.3, -0.25) is 0 Å². The number of ether oxygens (including phenoxy) is 3. The van der Waals surface area contributed by atoms with Crippen LogP contribution < -0.4 is 14.8 Å². The quantitative estimate of drug-likeness (QED) is 0.378. The Balaban J connectivity index is 2.02. The predicted octanol–water partition coefficient (Wildman–Crippen LogP) is 5.15. The molecule has 2 aromatic carbocycles. The van der Waals surface area contributed by atoms with Gasteiger partial charge in [-0.15, -0.1) is 0 Å². The van der Waals surface area contributed by atoms with Gasteiger partial charge in [0, 0.05) is 24.1 Å². The molecule has 0 radical (unpaired) electrons. The van der Waals surface area contributed by atoms with E-state index in [-0.39, 0.29) is 5.56 Å². The first-order valence-corrected chi connectivity index (χ1v) is 11.0. The van der Waals surface area contributed by atoms with Gasteiger partial charge in [0.05, 0.1) is 25.3 Å². The Kier molecular flexibility index (Phi) is 7.76. The molecule has 0 saturated heterocycles. The minimum absolute atomic E-state index is 0.262. The van der Waals surface area contributed by atoms with Crippen LogP contribution >= 0.6 is 0 Å². The molecule has 0 aliphatic carbocycles. The van der Waals surface area contributed by atoms with Crippen LogP contribution in [0.15, 0.2) is 30.3 Å². The molecule has 10 heteroatoms. The number of hydrogen-bond donors (Lipinski definition) is 2. The third-order valence-electron chi connectivity index (χ3n) is 5.54. The molecule has 0 unspecified atom stereocenters. The maximum atomic E-state index is 14.7. The van der Waals surface area contributed by atoms with Crippen molar-refractivity contribution in [2.45, 2.75) is 45.3 Å². The highest BCUT2D eigenvalue weighted by molar-refractivity contribution is 5.92. The van der Waals surface area contributed by atoms with Crippen molar-refractivity contribution >= 4 is 16.7 Å². The number of aryl methyl sites for hydroxylation is 1. The van der Waals surface area contributed by atoms with Crippen LogP contribution in [0.4, 0.5) is 19.0 Å². The summed E-state index contributed by atoms with van der Waals surface area (Å²) in [7, 11) is 3.08. The first kappa shape index (κ1) is 26.5. The van der Waals surface area contributed by atoms with E-state index in [4.69, 9.17) is 14.2 Å². The smallest absolute Gasteiger partial charge is 0.300 e. The molecule has 0 saturated carbocycles. The number of hydrogen-bond acceptors (Lipinski definition) is 7. The molecule has 1 heterocycles. The Hall–Kier alpha value is -3.11. The summed E-state index contributed by atoms with van der Waals surface area (Å²) in [6, 6.07) is 5.90. The molecule has 1 aromatic heterocycles. The van der Waals surface area contributed by atoms with Crippen molar-refractivity contribution in [3.63, 3.8) is 0 Å². The van der Waals surface area contributed by atoms with E-state index in [9.17, 15) is 18.3 Å². The van der Waals surface area contributed by atoms with Gasteiger partial charge in [0.25, 0.3) is 0 Å². The van der Waals surface area contributed by atoms with E-state index in [1.807, 2.05) is 0 Å². The zero-order valence-corrected chi connectivity index (χ0v) is 20.6. The molecular formula is C25H30F3N3O4. The summed E-state index contributed by atoms with van der Waals surface area (Å²) in [5.41, 5.74) is -2.14. The van der Waals surface area contributed by atoms with Crippen LogP contribution in [0.25, 0.3) is 10.9 Å². The summed E-state index contributed by atoms with van der Waals surface area (Å²) < 4.78 is 60.0. The fourth-order valence-corrected chi connectivity index (χ4v) is 3.56. The number of nitrogens with zero attached hydrogens (tertiary/aromatic N) is 2. The number of fused-ring (bicyclic) bond motifs is 1. The van der Waals surface area contributed by atoms with Gasteiger partial charge in [-0.2, -0.15) is 8.78 Å². The lowest BCUT2D eigenvalue weighted by molar-refractivity contribution is -0.168. The highest BCUT2D eigenvalue weighted by Crippen LogP contribution is 2.40. The van der Waals surface area contributed by atoms with Crippen molar-refractivity contribution in [1.29, 1.82) is 0 Å². The van der Waals surface area contributed by atoms with Crippen LogP contribution in [-0.4, -0.2) is 48.1 Å². The van der Waals surface area contributed by atoms with Gasteiger partial charge in [-0.1, -0.05) is 0 Å². The van der Waals surface area contributed by atoms with Crippen LogP contribution in [0.3, 0.4) is 0 Å². The lowest BCUT2D eigenvalue weighted by atomic mass is 9.91. The molecular weight excluding hydrogens is 463 g/mol. The molecule has 35 heavy (non-hydrogen) atoms. The Labute approximate surface area is 202 Å². The molecule has 190 valence electrons.